The Labute approximate surface area is 138 Å². The molecule has 0 fully saturated rings. The Morgan fingerprint density at radius 2 is 1.88 bits per heavy atom. The molecule has 2 aromatic carbocycles. The van der Waals surface area contributed by atoms with Gasteiger partial charge in [-0.05, 0) is 25.5 Å². The Bertz CT molecular complexity index is 960. The first-order chi connectivity index (χ1) is 11.5. The lowest BCUT2D eigenvalue weighted by molar-refractivity contribution is 0.191. The molecule has 0 saturated carbocycles. The van der Waals surface area contributed by atoms with Crippen molar-refractivity contribution in [2.75, 3.05) is 0 Å². The maximum Gasteiger partial charge on any atom is 0.405 e. The van der Waals surface area contributed by atoms with Gasteiger partial charge in [0, 0.05) is 17.2 Å². The average Bonchev–Trinajstić information content (AvgIpc) is 2.55. The predicted octanol–water partition coefficient (Wildman–Crippen LogP) is 4.10. The highest BCUT2D eigenvalue weighted by Gasteiger charge is 2.17. The third-order valence-corrected chi connectivity index (χ3v) is 3.87. The summed E-state index contributed by atoms with van der Waals surface area (Å²) in [6.45, 7) is 3.58. The molecule has 0 bridgehead atoms. The highest BCUT2D eigenvalue weighted by atomic mass is 16.4. The summed E-state index contributed by atoms with van der Waals surface area (Å²) < 4.78 is 5.98. The third kappa shape index (κ3) is 3.01. The van der Waals surface area contributed by atoms with Crippen LogP contribution in [0.5, 0.6) is 0 Å². The zero-order valence-corrected chi connectivity index (χ0v) is 13.4. The molecule has 0 aliphatic carbocycles. The fourth-order valence-corrected chi connectivity index (χ4v) is 2.76. The maximum absolute atomic E-state index is 12.5. The van der Waals surface area contributed by atoms with Crippen molar-refractivity contribution >= 4 is 17.1 Å². The zero-order chi connectivity index (χ0) is 17.3. The summed E-state index contributed by atoms with van der Waals surface area (Å²) in [5.41, 5.74) is 2.57. The summed E-state index contributed by atoms with van der Waals surface area (Å²) in [7, 11) is 0. The lowest BCUT2D eigenvalue weighted by Crippen LogP contribution is -2.25. The molecule has 0 radical (unpaired) electrons. The number of hydrogen-bond acceptors (Lipinski definition) is 3. The van der Waals surface area contributed by atoms with Crippen LogP contribution in [0.1, 0.15) is 24.1 Å². The number of carboxylic acid groups (broad SMARTS) is 1. The van der Waals surface area contributed by atoms with Crippen LogP contribution in [0.25, 0.3) is 22.3 Å². The molecule has 24 heavy (non-hydrogen) atoms. The van der Waals surface area contributed by atoms with Crippen LogP contribution in [0.3, 0.4) is 0 Å². The van der Waals surface area contributed by atoms with E-state index in [1.54, 1.807) is 13.0 Å². The van der Waals surface area contributed by atoms with Crippen molar-refractivity contribution in [3.8, 4) is 11.3 Å². The van der Waals surface area contributed by atoms with Crippen LogP contribution in [0.15, 0.2) is 57.7 Å². The van der Waals surface area contributed by atoms with Crippen molar-refractivity contribution < 1.29 is 14.3 Å². The number of rotatable bonds is 3. The number of nitrogens with one attached hydrogen (secondary N) is 1. The lowest BCUT2D eigenvalue weighted by Gasteiger charge is -2.15. The fourth-order valence-electron chi connectivity index (χ4n) is 2.76. The van der Waals surface area contributed by atoms with Crippen molar-refractivity contribution in [2.45, 2.75) is 19.9 Å². The molecule has 0 unspecified atom stereocenters. The molecule has 1 amide bonds. The van der Waals surface area contributed by atoms with Crippen molar-refractivity contribution in [2.24, 2.45) is 0 Å². The zero-order valence-electron chi connectivity index (χ0n) is 13.4. The van der Waals surface area contributed by atoms with Crippen LogP contribution in [0.4, 0.5) is 4.79 Å². The Kier molecular flexibility index (Phi) is 4.08. The molecule has 0 saturated heterocycles. The van der Waals surface area contributed by atoms with Gasteiger partial charge >= 0.3 is 6.09 Å². The summed E-state index contributed by atoms with van der Waals surface area (Å²) in [5, 5.41) is 11.8. The molecule has 0 aliphatic heterocycles. The third-order valence-electron chi connectivity index (χ3n) is 3.87. The van der Waals surface area contributed by atoms with E-state index in [1.807, 2.05) is 43.3 Å². The predicted molar refractivity (Wildman–Crippen MR) is 92.2 cm³/mol. The summed E-state index contributed by atoms with van der Waals surface area (Å²) >= 11 is 0. The monoisotopic (exact) mass is 323 g/mol. The van der Waals surface area contributed by atoms with Crippen LogP contribution >= 0.6 is 0 Å². The van der Waals surface area contributed by atoms with Crippen LogP contribution in [-0.4, -0.2) is 11.2 Å². The van der Waals surface area contributed by atoms with Crippen LogP contribution in [0, 0.1) is 6.92 Å². The molecule has 1 atom stereocenters. The molecule has 122 valence electrons. The number of carbonyl (C=O) groups is 1. The van der Waals surface area contributed by atoms with Gasteiger partial charge in [-0.1, -0.05) is 36.4 Å². The summed E-state index contributed by atoms with van der Waals surface area (Å²) in [5.74, 6) is 0.459. The summed E-state index contributed by atoms with van der Waals surface area (Å²) in [6.07, 6.45) is -1.13. The van der Waals surface area contributed by atoms with Gasteiger partial charge in [-0.3, -0.25) is 4.79 Å². The van der Waals surface area contributed by atoms with Crippen molar-refractivity contribution in [3.05, 3.63) is 69.9 Å². The molecule has 1 aromatic heterocycles. The van der Waals surface area contributed by atoms with Gasteiger partial charge in [-0.2, -0.15) is 0 Å². The van der Waals surface area contributed by atoms with Crippen LogP contribution in [-0.2, 0) is 0 Å². The Balaban J connectivity index is 2.26. The van der Waals surface area contributed by atoms with E-state index in [1.165, 1.54) is 6.07 Å². The highest BCUT2D eigenvalue weighted by molar-refractivity contribution is 5.83. The van der Waals surface area contributed by atoms with Crippen LogP contribution < -0.4 is 10.7 Å². The largest absolute Gasteiger partial charge is 0.465 e. The summed E-state index contributed by atoms with van der Waals surface area (Å²) in [4.78, 5) is 23.5. The smallest absolute Gasteiger partial charge is 0.405 e. The molecule has 3 aromatic rings. The van der Waals surface area contributed by atoms with Gasteiger partial charge in [0.15, 0.2) is 5.43 Å². The van der Waals surface area contributed by atoms with E-state index >= 15 is 0 Å². The minimum Gasteiger partial charge on any atom is -0.465 e. The molecule has 2 N–H and O–H groups in total. The first-order valence-corrected chi connectivity index (χ1v) is 7.59. The maximum atomic E-state index is 12.5. The number of aryl methyl sites for hydroxylation is 1. The van der Waals surface area contributed by atoms with Gasteiger partial charge in [0.05, 0.1) is 11.4 Å². The highest BCUT2D eigenvalue weighted by Crippen LogP contribution is 2.28. The van der Waals surface area contributed by atoms with Crippen molar-refractivity contribution in [1.82, 2.24) is 5.32 Å². The molecular weight excluding hydrogens is 306 g/mol. The Morgan fingerprint density at radius 3 is 2.54 bits per heavy atom. The number of amides is 1. The fraction of sp³-hybridized carbons (Fsp3) is 0.158. The molecule has 1 heterocycles. The molecule has 0 spiro atoms. The number of benzene rings is 2. The van der Waals surface area contributed by atoms with Gasteiger partial charge in [0.1, 0.15) is 11.3 Å². The van der Waals surface area contributed by atoms with Crippen molar-refractivity contribution in [1.29, 1.82) is 0 Å². The number of hydrogen-bond donors (Lipinski definition) is 2. The minimum atomic E-state index is -1.13. The first-order valence-electron chi connectivity index (χ1n) is 7.59. The van der Waals surface area contributed by atoms with Gasteiger partial charge in [-0.15, -0.1) is 0 Å². The normalized spacial score (nSPS) is 12.1. The molecule has 0 aliphatic rings. The van der Waals surface area contributed by atoms with E-state index in [9.17, 15) is 9.59 Å². The van der Waals surface area contributed by atoms with Crippen LogP contribution in [0.2, 0.25) is 0 Å². The van der Waals surface area contributed by atoms with E-state index in [-0.39, 0.29) is 5.43 Å². The van der Waals surface area contributed by atoms with E-state index < -0.39 is 12.1 Å². The summed E-state index contributed by atoms with van der Waals surface area (Å²) in [6, 6.07) is 13.9. The topological polar surface area (TPSA) is 79.5 Å². The molecule has 5 heteroatoms. The SMILES string of the molecule is Cc1cc([C@@H](C)NC(=O)O)c2oc(-c3ccccc3)cc(=O)c2c1. The lowest BCUT2D eigenvalue weighted by atomic mass is 10.0. The Morgan fingerprint density at radius 1 is 1.17 bits per heavy atom. The van der Waals surface area contributed by atoms with Crippen molar-refractivity contribution in [3.63, 3.8) is 0 Å². The van der Waals surface area contributed by atoms with Gasteiger partial charge in [0.25, 0.3) is 0 Å². The van der Waals surface area contributed by atoms with Gasteiger partial charge in [0.2, 0.25) is 0 Å². The number of fused-ring (bicyclic) bond motifs is 1. The van der Waals surface area contributed by atoms with E-state index in [0.717, 1.165) is 11.1 Å². The van der Waals surface area contributed by atoms with E-state index in [0.29, 0.717) is 22.3 Å². The van der Waals surface area contributed by atoms with E-state index in [4.69, 9.17) is 9.52 Å². The first kappa shape index (κ1) is 15.8. The molecule has 3 rings (SSSR count). The minimum absolute atomic E-state index is 0.150. The van der Waals surface area contributed by atoms with Gasteiger partial charge < -0.3 is 14.8 Å². The quantitative estimate of drug-likeness (QED) is 0.760. The second kappa shape index (κ2) is 6.20. The average molecular weight is 323 g/mol. The van der Waals surface area contributed by atoms with E-state index in [2.05, 4.69) is 5.32 Å². The molecular formula is C19H17NO4. The Hall–Kier alpha value is -3.08. The standard InChI is InChI=1S/C19H17NO4/c1-11-8-14(12(2)20-19(22)23)18-15(9-11)16(21)10-17(24-18)13-6-4-3-5-7-13/h3-10,12,20H,1-2H3,(H,22,23)/t12-/m1/s1. The van der Waals surface area contributed by atoms with Gasteiger partial charge in [-0.25, -0.2) is 4.79 Å². The molecule has 5 nitrogen and oxygen atoms in total. The second-order valence-electron chi connectivity index (χ2n) is 5.74. The second-order valence-corrected chi connectivity index (χ2v) is 5.74.